The van der Waals surface area contributed by atoms with Crippen molar-refractivity contribution in [1.82, 2.24) is 15.2 Å². The zero-order chi connectivity index (χ0) is 34.4. The maximum absolute atomic E-state index is 13.5. The number of nitrogens with zero attached hydrogens (tertiary/aromatic N) is 2. The fourth-order valence-electron chi connectivity index (χ4n) is 5.13. The van der Waals surface area contributed by atoms with E-state index >= 15 is 0 Å². The first-order valence-electron chi connectivity index (χ1n) is 16.1. The molecule has 11 heteroatoms. The summed E-state index contributed by atoms with van der Waals surface area (Å²) in [5, 5.41) is 5.15. The second-order valence-electron chi connectivity index (χ2n) is 12.2. The molecule has 3 N–H and O–H groups in total. The van der Waals surface area contributed by atoms with Crippen molar-refractivity contribution >= 4 is 35.1 Å². The predicted molar refractivity (Wildman–Crippen MR) is 181 cm³/mol. The minimum absolute atomic E-state index is 0.0167. The summed E-state index contributed by atoms with van der Waals surface area (Å²) in [7, 11) is 1.73. The first-order chi connectivity index (χ1) is 21.8. The average molecular weight is 657 g/mol. The number of nitrogens with one attached hydrogen (secondary N) is 1. The molecule has 1 aromatic carbocycles. The van der Waals surface area contributed by atoms with Crippen molar-refractivity contribution in [2.24, 2.45) is 23.5 Å². The van der Waals surface area contributed by atoms with Gasteiger partial charge < -0.3 is 25.4 Å². The summed E-state index contributed by atoms with van der Waals surface area (Å²) in [6, 6.07) is 8.39. The SMILES string of the molecule is C=CCOC(=O)[C@@H](C)C[C@H](Cc1ccccc1)NC(=O)c1csc([C@@H](C[C@H](C(C)C)N(C)C(=O)[C@@H](N)[C@@H](C)CC)OC(=O)CC)n1. The number of aromatic nitrogens is 1. The molecule has 46 heavy (non-hydrogen) atoms. The number of hydrogen-bond donors (Lipinski definition) is 2. The summed E-state index contributed by atoms with van der Waals surface area (Å²) in [5.74, 6) is -1.75. The molecule has 0 saturated heterocycles. The lowest BCUT2D eigenvalue weighted by molar-refractivity contribution is -0.151. The Morgan fingerprint density at radius 2 is 1.76 bits per heavy atom. The molecule has 254 valence electrons. The smallest absolute Gasteiger partial charge is 0.309 e. The normalized spacial score (nSPS) is 15.2. The van der Waals surface area contributed by atoms with Gasteiger partial charge in [0.2, 0.25) is 5.91 Å². The number of amides is 2. The summed E-state index contributed by atoms with van der Waals surface area (Å²) < 4.78 is 11.1. The number of carbonyl (C=O) groups excluding carboxylic acids is 4. The summed E-state index contributed by atoms with van der Waals surface area (Å²) in [4.78, 5) is 58.0. The van der Waals surface area contributed by atoms with Gasteiger partial charge in [0, 0.05) is 37.4 Å². The molecule has 0 unspecified atom stereocenters. The number of hydrogen-bond acceptors (Lipinski definition) is 9. The molecule has 0 bridgehead atoms. The molecule has 0 spiro atoms. The second-order valence-corrected chi connectivity index (χ2v) is 13.1. The van der Waals surface area contributed by atoms with Gasteiger partial charge in [-0.05, 0) is 30.2 Å². The van der Waals surface area contributed by atoms with Crippen LogP contribution < -0.4 is 11.1 Å². The molecular weight excluding hydrogens is 604 g/mol. The van der Waals surface area contributed by atoms with Crippen molar-refractivity contribution in [2.45, 2.75) is 97.9 Å². The third kappa shape index (κ3) is 11.7. The molecule has 10 nitrogen and oxygen atoms in total. The van der Waals surface area contributed by atoms with Gasteiger partial charge in [-0.15, -0.1) is 11.3 Å². The number of likely N-dealkylation sites (N-methyl/N-ethyl adjacent to an activating group) is 1. The van der Waals surface area contributed by atoms with Crippen molar-refractivity contribution in [3.63, 3.8) is 0 Å². The average Bonchev–Trinajstić information content (AvgIpc) is 3.54. The van der Waals surface area contributed by atoms with Crippen LogP contribution in [0.25, 0.3) is 0 Å². The van der Waals surface area contributed by atoms with Gasteiger partial charge >= 0.3 is 11.9 Å². The second kappa shape index (κ2) is 19.2. The third-order valence-electron chi connectivity index (χ3n) is 8.25. The molecular formula is C35H52N4O6S. The Labute approximate surface area is 278 Å². The summed E-state index contributed by atoms with van der Waals surface area (Å²) >= 11 is 1.23. The van der Waals surface area contributed by atoms with E-state index in [0.717, 1.165) is 12.0 Å². The molecule has 1 aromatic heterocycles. The number of thiazole rings is 1. The summed E-state index contributed by atoms with van der Waals surface area (Å²) in [6.45, 7) is 15.1. The van der Waals surface area contributed by atoms with E-state index in [1.165, 1.54) is 17.4 Å². The van der Waals surface area contributed by atoms with Crippen molar-refractivity contribution in [3.8, 4) is 0 Å². The minimum atomic E-state index is -0.763. The van der Waals surface area contributed by atoms with Crippen LogP contribution in [0, 0.1) is 17.8 Å². The van der Waals surface area contributed by atoms with Gasteiger partial charge in [-0.2, -0.15) is 0 Å². The summed E-state index contributed by atoms with van der Waals surface area (Å²) in [6.07, 6.45) is 2.87. The van der Waals surface area contributed by atoms with Crippen LogP contribution in [-0.2, 0) is 30.3 Å². The van der Waals surface area contributed by atoms with Gasteiger partial charge in [-0.1, -0.05) is 91.0 Å². The van der Waals surface area contributed by atoms with Crippen LogP contribution in [0.1, 0.15) is 94.4 Å². The van der Waals surface area contributed by atoms with Crippen LogP contribution in [0.4, 0.5) is 0 Å². The Hall–Kier alpha value is -3.57. The molecule has 0 saturated carbocycles. The molecule has 1 heterocycles. The maximum atomic E-state index is 13.5. The van der Waals surface area contributed by atoms with Crippen LogP contribution in [0.15, 0.2) is 48.4 Å². The molecule has 2 rings (SSSR count). The van der Waals surface area contributed by atoms with E-state index in [9.17, 15) is 19.2 Å². The van der Waals surface area contributed by atoms with Crippen molar-refractivity contribution in [1.29, 1.82) is 0 Å². The number of ether oxygens (including phenoxy) is 2. The molecule has 0 radical (unpaired) electrons. The van der Waals surface area contributed by atoms with E-state index in [4.69, 9.17) is 15.2 Å². The van der Waals surface area contributed by atoms with Crippen LogP contribution in [0.5, 0.6) is 0 Å². The number of rotatable bonds is 19. The standard InChI is InChI=1S/C35H52N4O6S/c1-9-17-44-35(43)24(7)18-26(19-25-15-13-12-14-16-25)37-32(41)27-21-46-33(38-27)29(45-30(40)11-3)20-28(22(4)5)39(8)34(42)31(36)23(6)10-2/h9,12-16,21-24,26,28-29,31H,1,10-11,17-20,36H2,2-8H3,(H,37,41)/t23-,24-,26+,28+,29+,31-/m0/s1. The Morgan fingerprint density at radius 1 is 1.09 bits per heavy atom. The number of esters is 2. The van der Waals surface area contributed by atoms with Gasteiger partial charge in [0.25, 0.3) is 5.91 Å². The fraction of sp³-hybridized carbons (Fsp3) is 0.571. The van der Waals surface area contributed by atoms with Crippen LogP contribution in [-0.4, -0.2) is 65.4 Å². The number of benzene rings is 1. The monoisotopic (exact) mass is 656 g/mol. The quantitative estimate of drug-likeness (QED) is 0.150. The first kappa shape index (κ1) is 38.6. The highest BCUT2D eigenvalue weighted by molar-refractivity contribution is 7.09. The Balaban J connectivity index is 2.30. The Bertz CT molecular complexity index is 1280. The molecule has 0 aliphatic heterocycles. The maximum Gasteiger partial charge on any atom is 0.309 e. The first-order valence-corrected chi connectivity index (χ1v) is 17.0. The zero-order valence-corrected chi connectivity index (χ0v) is 29.2. The minimum Gasteiger partial charge on any atom is -0.461 e. The van der Waals surface area contributed by atoms with Crippen molar-refractivity contribution < 1.29 is 28.7 Å². The lowest BCUT2D eigenvalue weighted by Gasteiger charge is -2.35. The highest BCUT2D eigenvalue weighted by atomic mass is 32.1. The third-order valence-corrected chi connectivity index (χ3v) is 9.19. The Kier molecular flexibility index (Phi) is 16.1. The van der Waals surface area contributed by atoms with Gasteiger partial charge in [0.1, 0.15) is 17.3 Å². The molecule has 0 aliphatic carbocycles. The van der Waals surface area contributed by atoms with Gasteiger partial charge in [-0.25, -0.2) is 4.98 Å². The lowest BCUT2D eigenvalue weighted by atomic mass is 9.93. The topological polar surface area (TPSA) is 141 Å². The number of carbonyl (C=O) groups is 4. The van der Waals surface area contributed by atoms with E-state index in [2.05, 4.69) is 16.9 Å². The highest BCUT2D eigenvalue weighted by Crippen LogP contribution is 2.31. The van der Waals surface area contributed by atoms with Crippen molar-refractivity contribution in [2.75, 3.05) is 13.7 Å². The van der Waals surface area contributed by atoms with Gasteiger partial charge in [0.15, 0.2) is 6.10 Å². The highest BCUT2D eigenvalue weighted by Gasteiger charge is 2.34. The zero-order valence-electron chi connectivity index (χ0n) is 28.4. The molecule has 0 fully saturated rings. The van der Waals surface area contributed by atoms with Gasteiger partial charge in [-0.3, -0.25) is 19.2 Å². The largest absolute Gasteiger partial charge is 0.461 e. The lowest BCUT2D eigenvalue weighted by Crippen LogP contribution is -2.51. The molecule has 0 aliphatic rings. The van der Waals surface area contributed by atoms with E-state index in [-0.39, 0.29) is 54.5 Å². The Morgan fingerprint density at radius 3 is 2.35 bits per heavy atom. The number of nitrogens with two attached hydrogens (primary N) is 1. The summed E-state index contributed by atoms with van der Waals surface area (Å²) in [5.41, 5.74) is 7.48. The van der Waals surface area contributed by atoms with E-state index in [1.54, 1.807) is 31.2 Å². The molecule has 2 amide bonds. The van der Waals surface area contributed by atoms with Crippen LogP contribution in [0.3, 0.4) is 0 Å². The molecule has 6 atom stereocenters. The van der Waals surface area contributed by atoms with E-state index in [1.807, 2.05) is 58.0 Å². The van der Waals surface area contributed by atoms with E-state index < -0.39 is 29.9 Å². The van der Waals surface area contributed by atoms with Crippen molar-refractivity contribution in [3.05, 3.63) is 64.6 Å². The van der Waals surface area contributed by atoms with Crippen LogP contribution >= 0.6 is 11.3 Å². The predicted octanol–water partition coefficient (Wildman–Crippen LogP) is 5.48. The van der Waals surface area contributed by atoms with Crippen LogP contribution in [0.2, 0.25) is 0 Å². The molecule has 2 aromatic rings. The van der Waals surface area contributed by atoms with Gasteiger partial charge in [0.05, 0.1) is 12.0 Å². The van der Waals surface area contributed by atoms with E-state index in [0.29, 0.717) is 24.3 Å². The fourth-order valence-corrected chi connectivity index (χ4v) is 5.97.